The minimum absolute atomic E-state index is 0.197. The Morgan fingerprint density at radius 3 is 2.57 bits per heavy atom. The molecule has 0 bridgehead atoms. The highest BCUT2D eigenvalue weighted by molar-refractivity contribution is 5.92. The van der Waals surface area contributed by atoms with E-state index in [0.29, 0.717) is 18.2 Å². The topological polar surface area (TPSA) is 71.0 Å². The number of carbonyl (C=O) groups excluding carboxylic acids is 1. The van der Waals surface area contributed by atoms with Gasteiger partial charge in [0.05, 0.1) is 0 Å². The lowest BCUT2D eigenvalue weighted by atomic mass is 10.1. The summed E-state index contributed by atoms with van der Waals surface area (Å²) in [7, 11) is 1.94. The van der Waals surface area contributed by atoms with Gasteiger partial charge >= 0.3 is 0 Å². The second-order valence-electron chi connectivity index (χ2n) is 6.83. The van der Waals surface area contributed by atoms with Crippen molar-refractivity contribution in [3.8, 4) is 0 Å². The monoisotopic (exact) mass is 375 g/mol. The molecule has 0 radical (unpaired) electrons. The van der Waals surface area contributed by atoms with Crippen LogP contribution < -0.4 is 10.2 Å². The number of benzene rings is 1. The van der Waals surface area contributed by atoms with Crippen LogP contribution in [0.3, 0.4) is 0 Å². The number of nitrogens with one attached hydrogen (secondary N) is 1. The first-order valence-corrected chi connectivity index (χ1v) is 9.31. The Balaban J connectivity index is 1.66. The van der Waals surface area contributed by atoms with Gasteiger partial charge in [-0.1, -0.05) is 24.3 Å². The van der Waals surface area contributed by atoms with Crippen LogP contribution in [0.5, 0.6) is 0 Å². The van der Waals surface area contributed by atoms with Gasteiger partial charge in [0.25, 0.3) is 5.91 Å². The van der Waals surface area contributed by atoms with Gasteiger partial charge in [-0.15, -0.1) is 0 Å². The number of aryl methyl sites for hydroxylation is 2. The number of hydrogen-bond acceptors (Lipinski definition) is 5. The Morgan fingerprint density at radius 2 is 1.82 bits per heavy atom. The maximum atomic E-state index is 12.6. The van der Waals surface area contributed by atoms with Crippen molar-refractivity contribution in [3.63, 3.8) is 0 Å². The van der Waals surface area contributed by atoms with Crippen LogP contribution in [-0.4, -0.2) is 34.5 Å². The molecule has 2 aromatic heterocycles. The van der Waals surface area contributed by atoms with Crippen molar-refractivity contribution in [2.24, 2.45) is 0 Å². The highest BCUT2D eigenvalue weighted by Gasteiger charge is 2.13. The molecule has 0 aliphatic carbocycles. The van der Waals surface area contributed by atoms with Gasteiger partial charge in [-0.25, -0.2) is 9.97 Å². The van der Waals surface area contributed by atoms with Crippen molar-refractivity contribution in [2.45, 2.75) is 26.8 Å². The SMILES string of the molecule is Cc1cc(C(=O)NCc2ccccc2C)nc(N(C)CCc2ccncc2)n1. The first-order valence-electron chi connectivity index (χ1n) is 9.31. The number of likely N-dealkylation sites (N-methyl/N-ethyl adjacent to an activating group) is 1. The Morgan fingerprint density at radius 1 is 1.07 bits per heavy atom. The maximum Gasteiger partial charge on any atom is 0.270 e. The lowest BCUT2D eigenvalue weighted by Crippen LogP contribution is -2.27. The third kappa shape index (κ3) is 5.13. The molecule has 6 heteroatoms. The fourth-order valence-corrected chi connectivity index (χ4v) is 2.86. The van der Waals surface area contributed by atoms with Crippen LogP contribution in [0, 0.1) is 13.8 Å². The quantitative estimate of drug-likeness (QED) is 0.687. The molecular formula is C22H25N5O. The largest absolute Gasteiger partial charge is 0.347 e. The molecule has 2 heterocycles. The molecule has 0 fully saturated rings. The molecule has 0 aliphatic heterocycles. The van der Waals surface area contributed by atoms with E-state index in [1.165, 1.54) is 5.56 Å². The van der Waals surface area contributed by atoms with Gasteiger partial charge in [0.1, 0.15) is 5.69 Å². The number of hydrogen-bond donors (Lipinski definition) is 1. The van der Waals surface area contributed by atoms with E-state index >= 15 is 0 Å². The van der Waals surface area contributed by atoms with E-state index in [1.54, 1.807) is 18.5 Å². The molecule has 144 valence electrons. The molecule has 1 aromatic carbocycles. The van der Waals surface area contributed by atoms with E-state index in [-0.39, 0.29) is 5.91 Å². The van der Waals surface area contributed by atoms with Crippen LogP contribution >= 0.6 is 0 Å². The second kappa shape index (κ2) is 9.08. The zero-order valence-corrected chi connectivity index (χ0v) is 16.5. The van der Waals surface area contributed by atoms with Crippen molar-refractivity contribution < 1.29 is 4.79 Å². The van der Waals surface area contributed by atoms with Crippen LogP contribution in [-0.2, 0) is 13.0 Å². The first-order chi connectivity index (χ1) is 13.5. The van der Waals surface area contributed by atoms with Crippen LogP contribution in [0.4, 0.5) is 5.95 Å². The van der Waals surface area contributed by atoms with Crippen LogP contribution in [0.2, 0.25) is 0 Å². The Bertz CT molecular complexity index is 943. The Labute approximate surface area is 165 Å². The first kappa shape index (κ1) is 19.5. The fraction of sp³-hybridized carbons (Fsp3) is 0.273. The highest BCUT2D eigenvalue weighted by atomic mass is 16.1. The fourth-order valence-electron chi connectivity index (χ4n) is 2.86. The minimum atomic E-state index is -0.197. The van der Waals surface area contributed by atoms with Crippen molar-refractivity contribution in [2.75, 3.05) is 18.5 Å². The molecule has 1 amide bonds. The molecular weight excluding hydrogens is 350 g/mol. The average Bonchev–Trinajstić information content (AvgIpc) is 2.71. The van der Waals surface area contributed by atoms with Crippen molar-refractivity contribution >= 4 is 11.9 Å². The Kier molecular flexibility index (Phi) is 6.32. The summed E-state index contributed by atoms with van der Waals surface area (Å²) in [5.41, 5.74) is 4.59. The summed E-state index contributed by atoms with van der Waals surface area (Å²) in [6.07, 6.45) is 4.43. The van der Waals surface area contributed by atoms with Crippen LogP contribution in [0.1, 0.15) is 32.9 Å². The molecule has 0 unspecified atom stereocenters. The number of aromatic nitrogens is 3. The molecule has 1 N–H and O–H groups in total. The average molecular weight is 375 g/mol. The number of carbonyl (C=O) groups is 1. The van der Waals surface area contributed by atoms with Crippen molar-refractivity contribution in [1.29, 1.82) is 0 Å². The molecule has 0 saturated heterocycles. The minimum Gasteiger partial charge on any atom is -0.347 e. The Hall–Kier alpha value is -3.28. The zero-order valence-electron chi connectivity index (χ0n) is 16.5. The van der Waals surface area contributed by atoms with Crippen LogP contribution in [0.25, 0.3) is 0 Å². The number of rotatable bonds is 7. The summed E-state index contributed by atoms with van der Waals surface area (Å²) in [5.74, 6) is 0.354. The molecule has 6 nitrogen and oxygen atoms in total. The number of pyridine rings is 1. The van der Waals surface area contributed by atoms with E-state index in [9.17, 15) is 4.79 Å². The van der Waals surface area contributed by atoms with Gasteiger partial charge in [-0.2, -0.15) is 0 Å². The van der Waals surface area contributed by atoms with Crippen LogP contribution in [0.15, 0.2) is 54.9 Å². The van der Waals surface area contributed by atoms with Gasteiger partial charge in [0, 0.05) is 38.2 Å². The maximum absolute atomic E-state index is 12.6. The molecule has 0 spiro atoms. The number of anilines is 1. The van der Waals surface area contributed by atoms with Gasteiger partial charge < -0.3 is 10.2 Å². The van der Waals surface area contributed by atoms with E-state index in [4.69, 9.17) is 0 Å². The van der Waals surface area contributed by atoms with Gasteiger partial charge in [0.15, 0.2) is 0 Å². The molecule has 0 atom stereocenters. The number of amides is 1. The lowest BCUT2D eigenvalue weighted by Gasteiger charge is -2.18. The third-order valence-corrected chi connectivity index (χ3v) is 4.60. The second-order valence-corrected chi connectivity index (χ2v) is 6.83. The van der Waals surface area contributed by atoms with E-state index in [0.717, 1.165) is 29.8 Å². The molecule has 0 saturated carbocycles. The van der Waals surface area contributed by atoms with E-state index < -0.39 is 0 Å². The summed E-state index contributed by atoms with van der Waals surface area (Å²) >= 11 is 0. The lowest BCUT2D eigenvalue weighted by molar-refractivity contribution is 0.0945. The van der Waals surface area contributed by atoms with Gasteiger partial charge in [-0.05, 0) is 55.2 Å². The molecule has 3 rings (SSSR count). The van der Waals surface area contributed by atoms with Crippen molar-refractivity contribution in [1.82, 2.24) is 20.3 Å². The molecule has 28 heavy (non-hydrogen) atoms. The van der Waals surface area contributed by atoms with E-state index in [2.05, 4.69) is 20.3 Å². The third-order valence-electron chi connectivity index (χ3n) is 4.60. The highest BCUT2D eigenvalue weighted by Crippen LogP contribution is 2.11. The summed E-state index contributed by atoms with van der Waals surface area (Å²) < 4.78 is 0. The zero-order chi connectivity index (χ0) is 19.9. The predicted octanol–water partition coefficient (Wildman–Crippen LogP) is 3.10. The summed E-state index contributed by atoms with van der Waals surface area (Å²) in [4.78, 5) is 27.6. The smallest absolute Gasteiger partial charge is 0.270 e. The summed E-state index contributed by atoms with van der Waals surface area (Å²) in [6, 6.07) is 13.7. The van der Waals surface area contributed by atoms with Gasteiger partial charge in [-0.3, -0.25) is 9.78 Å². The summed E-state index contributed by atoms with van der Waals surface area (Å²) in [5, 5.41) is 2.95. The standard InChI is InChI=1S/C22H25N5O/c1-16-6-4-5-7-19(16)15-24-21(28)20-14-17(2)25-22(26-20)27(3)13-10-18-8-11-23-12-9-18/h4-9,11-12,14H,10,13,15H2,1-3H3,(H,24,28). The number of nitrogens with zero attached hydrogens (tertiary/aromatic N) is 4. The van der Waals surface area contributed by atoms with Gasteiger partial charge in [0.2, 0.25) is 5.95 Å². The van der Waals surface area contributed by atoms with E-state index in [1.807, 2.05) is 62.2 Å². The predicted molar refractivity (Wildman–Crippen MR) is 110 cm³/mol. The molecule has 0 aliphatic rings. The normalized spacial score (nSPS) is 10.5. The summed E-state index contributed by atoms with van der Waals surface area (Å²) in [6.45, 7) is 5.13. The molecule has 3 aromatic rings. The van der Waals surface area contributed by atoms with Crippen molar-refractivity contribution in [3.05, 3.63) is 82.9 Å².